The van der Waals surface area contributed by atoms with Gasteiger partial charge in [-0.1, -0.05) is 0 Å². The normalized spacial score (nSPS) is 21.1. The van der Waals surface area contributed by atoms with Gasteiger partial charge in [0.25, 0.3) is 0 Å². The first-order valence-electron chi connectivity index (χ1n) is 5.49. The monoisotopic (exact) mass is 235 g/mol. The number of piperidine rings is 1. The first-order chi connectivity index (χ1) is 7.93. The molecule has 2 aromatic rings. The predicted octanol–water partition coefficient (Wildman–Crippen LogP) is 1.82. The third-order valence-electron chi connectivity index (χ3n) is 2.74. The first-order valence-corrected chi connectivity index (χ1v) is 6.37. The summed E-state index contributed by atoms with van der Waals surface area (Å²) in [6.45, 7) is 2.01. The van der Waals surface area contributed by atoms with Crippen molar-refractivity contribution in [3.63, 3.8) is 0 Å². The highest BCUT2D eigenvalue weighted by Gasteiger charge is 2.16. The van der Waals surface area contributed by atoms with Gasteiger partial charge in [0.15, 0.2) is 0 Å². The Morgan fingerprint density at radius 1 is 1.44 bits per heavy atom. The van der Waals surface area contributed by atoms with Crippen molar-refractivity contribution in [2.75, 3.05) is 13.1 Å². The summed E-state index contributed by atoms with van der Waals surface area (Å²) < 4.78 is 6.97. The molecule has 2 aromatic heterocycles. The molecule has 0 saturated carbocycles. The summed E-state index contributed by atoms with van der Waals surface area (Å²) in [5.41, 5.74) is 0.971. The Labute approximate surface area is 97.7 Å². The molecule has 1 aliphatic heterocycles. The Morgan fingerprint density at radius 2 is 2.44 bits per heavy atom. The predicted molar refractivity (Wildman–Crippen MR) is 63.9 cm³/mol. The molecule has 4 nitrogen and oxygen atoms in total. The molecule has 1 atom stereocenters. The highest BCUT2D eigenvalue weighted by atomic mass is 32.1. The van der Waals surface area contributed by atoms with Gasteiger partial charge in [-0.15, -0.1) is 11.3 Å². The van der Waals surface area contributed by atoms with Crippen LogP contribution in [0.4, 0.5) is 0 Å². The maximum Gasteiger partial charge on any atom is 0.235 e. The minimum absolute atomic E-state index is 0.244. The van der Waals surface area contributed by atoms with E-state index in [0.29, 0.717) is 0 Å². The summed E-state index contributed by atoms with van der Waals surface area (Å²) in [5.74, 6) is 0.730. The number of nitrogens with zero attached hydrogens (tertiary/aromatic N) is 2. The second-order valence-electron chi connectivity index (χ2n) is 3.90. The van der Waals surface area contributed by atoms with Crippen LogP contribution >= 0.6 is 11.3 Å². The van der Waals surface area contributed by atoms with Crippen LogP contribution in [0.15, 0.2) is 17.8 Å². The number of aromatic nitrogens is 2. The summed E-state index contributed by atoms with van der Waals surface area (Å²) in [5, 5.41) is 5.35. The molecular weight excluding hydrogens is 222 g/mol. The van der Waals surface area contributed by atoms with Crippen molar-refractivity contribution >= 4 is 21.6 Å². The zero-order chi connectivity index (χ0) is 10.8. The maximum absolute atomic E-state index is 5.92. The zero-order valence-electron chi connectivity index (χ0n) is 8.85. The number of hydrogen-bond donors (Lipinski definition) is 1. The van der Waals surface area contributed by atoms with Crippen LogP contribution in [0.5, 0.6) is 5.88 Å². The van der Waals surface area contributed by atoms with Gasteiger partial charge < -0.3 is 10.1 Å². The van der Waals surface area contributed by atoms with Crippen LogP contribution in [-0.4, -0.2) is 29.2 Å². The quantitative estimate of drug-likeness (QED) is 0.862. The molecule has 0 unspecified atom stereocenters. The molecule has 84 valence electrons. The number of nitrogens with one attached hydrogen (secondary N) is 1. The van der Waals surface area contributed by atoms with E-state index in [0.717, 1.165) is 35.6 Å². The lowest BCUT2D eigenvalue weighted by atomic mass is 10.1. The lowest BCUT2D eigenvalue weighted by Gasteiger charge is -2.23. The van der Waals surface area contributed by atoms with E-state index in [1.54, 1.807) is 17.7 Å². The van der Waals surface area contributed by atoms with Crippen LogP contribution < -0.4 is 10.1 Å². The molecule has 1 aliphatic rings. The Morgan fingerprint density at radius 3 is 3.31 bits per heavy atom. The molecule has 0 aliphatic carbocycles. The minimum atomic E-state index is 0.244. The molecule has 1 fully saturated rings. The fraction of sp³-hybridized carbons (Fsp3) is 0.455. The molecule has 0 amide bonds. The summed E-state index contributed by atoms with van der Waals surface area (Å²) >= 11 is 1.63. The van der Waals surface area contributed by atoms with Gasteiger partial charge in [0, 0.05) is 6.54 Å². The fourth-order valence-electron chi connectivity index (χ4n) is 1.93. The van der Waals surface area contributed by atoms with Crippen molar-refractivity contribution in [2.24, 2.45) is 0 Å². The SMILES string of the molecule is c1nc(O[C@H]2CCCNC2)c2sccc2n1. The van der Waals surface area contributed by atoms with Gasteiger partial charge in [-0.25, -0.2) is 9.97 Å². The largest absolute Gasteiger partial charge is 0.472 e. The van der Waals surface area contributed by atoms with Crippen LogP contribution in [0, 0.1) is 0 Å². The van der Waals surface area contributed by atoms with Gasteiger partial charge in [0.1, 0.15) is 17.1 Å². The van der Waals surface area contributed by atoms with Crippen LogP contribution in [0.2, 0.25) is 0 Å². The van der Waals surface area contributed by atoms with E-state index in [9.17, 15) is 0 Å². The van der Waals surface area contributed by atoms with E-state index in [4.69, 9.17) is 4.74 Å². The van der Waals surface area contributed by atoms with Crippen LogP contribution in [0.25, 0.3) is 10.2 Å². The molecule has 0 aromatic carbocycles. The number of ether oxygens (including phenoxy) is 1. The van der Waals surface area contributed by atoms with Crippen molar-refractivity contribution in [1.82, 2.24) is 15.3 Å². The number of thiophene rings is 1. The Hall–Kier alpha value is -1.20. The Balaban J connectivity index is 1.85. The third kappa shape index (κ3) is 1.88. The highest BCUT2D eigenvalue weighted by Crippen LogP contribution is 2.27. The molecule has 16 heavy (non-hydrogen) atoms. The first kappa shape index (κ1) is 9.99. The van der Waals surface area contributed by atoms with Crippen molar-refractivity contribution in [3.05, 3.63) is 17.8 Å². The molecule has 3 rings (SSSR count). The summed E-state index contributed by atoms with van der Waals surface area (Å²) in [7, 11) is 0. The Bertz CT molecular complexity index is 479. The van der Waals surface area contributed by atoms with E-state index >= 15 is 0 Å². The lowest BCUT2D eigenvalue weighted by Crippen LogP contribution is -2.37. The summed E-state index contributed by atoms with van der Waals surface area (Å²) in [4.78, 5) is 8.42. The van der Waals surface area contributed by atoms with E-state index in [1.165, 1.54) is 6.42 Å². The molecule has 3 heterocycles. The van der Waals surface area contributed by atoms with Crippen LogP contribution in [0.1, 0.15) is 12.8 Å². The van der Waals surface area contributed by atoms with Gasteiger partial charge >= 0.3 is 0 Å². The summed E-state index contributed by atoms with van der Waals surface area (Å²) in [6, 6.07) is 1.99. The maximum atomic E-state index is 5.92. The van der Waals surface area contributed by atoms with Gasteiger partial charge in [-0.05, 0) is 30.8 Å². The van der Waals surface area contributed by atoms with Gasteiger partial charge in [-0.2, -0.15) is 0 Å². The molecular formula is C11H13N3OS. The lowest BCUT2D eigenvalue weighted by molar-refractivity contribution is 0.163. The van der Waals surface area contributed by atoms with E-state index < -0.39 is 0 Å². The minimum Gasteiger partial charge on any atom is -0.472 e. The van der Waals surface area contributed by atoms with Crippen molar-refractivity contribution < 1.29 is 4.74 Å². The molecule has 5 heteroatoms. The molecule has 0 radical (unpaired) electrons. The number of fused-ring (bicyclic) bond motifs is 1. The van der Waals surface area contributed by atoms with Crippen molar-refractivity contribution in [2.45, 2.75) is 18.9 Å². The molecule has 1 N–H and O–H groups in total. The summed E-state index contributed by atoms with van der Waals surface area (Å²) in [6.07, 6.45) is 4.09. The third-order valence-corrected chi connectivity index (χ3v) is 3.63. The van der Waals surface area contributed by atoms with Gasteiger partial charge in [0.2, 0.25) is 5.88 Å². The van der Waals surface area contributed by atoms with Crippen molar-refractivity contribution in [1.29, 1.82) is 0 Å². The van der Waals surface area contributed by atoms with Gasteiger partial charge in [-0.3, -0.25) is 0 Å². The Kier molecular flexibility index (Phi) is 2.71. The van der Waals surface area contributed by atoms with E-state index in [1.807, 2.05) is 11.4 Å². The number of rotatable bonds is 2. The van der Waals surface area contributed by atoms with E-state index in [2.05, 4.69) is 15.3 Å². The molecule has 0 spiro atoms. The number of hydrogen-bond acceptors (Lipinski definition) is 5. The highest BCUT2D eigenvalue weighted by molar-refractivity contribution is 7.17. The smallest absolute Gasteiger partial charge is 0.235 e. The van der Waals surface area contributed by atoms with Crippen molar-refractivity contribution in [3.8, 4) is 5.88 Å². The second-order valence-corrected chi connectivity index (χ2v) is 4.82. The van der Waals surface area contributed by atoms with Crippen LogP contribution in [-0.2, 0) is 0 Å². The van der Waals surface area contributed by atoms with Gasteiger partial charge in [0.05, 0.1) is 5.52 Å². The average Bonchev–Trinajstić information content (AvgIpc) is 2.80. The fourth-order valence-corrected chi connectivity index (χ4v) is 2.70. The zero-order valence-corrected chi connectivity index (χ0v) is 9.67. The molecule has 0 bridgehead atoms. The molecule has 1 saturated heterocycles. The second kappa shape index (κ2) is 4.35. The topological polar surface area (TPSA) is 47.0 Å². The van der Waals surface area contributed by atoms with E-state index in [-0.39, 0.29) is 6.10 Å². The average molecular weight is 235 g/mol. The standard InChI is InChI=1S/C11H13N3OS/c1-2-8(6-12-4-1)15-11-10-9(3-5-16-10)13-7-14-11/h3,5,7-8,12H,1-2,4,6H2/t8-/m0/s1. The van der Waals surface area contributed by atoms with Crippen LogP contribution in [0.3, 0.4) is 0 Å².